The molecule has 2 amide bonds. The molecule has 0 aromatic carbocycles. The first-order valence-corrected chi connectivity index (χ1v) is 6.83. The fourth-order valence-corrected chi connectivity index (χ4v) is 2.23. The minimum Gasteiger partial charge on any atom is -0.376 e. The van der Waals surface area contributed by atoms with Gasteiger partial charge in [0, 0.05) is 38.6 Å². The van der Waals surface area contributed by atoms with Gasteiger partial charge in [-0.1, -0.05) is 6.07 Å². The first kappa shape index (κ1) is 13.8. The van der Waals surface area contributed by atoms with Crippen molar-refractivity contribution >= 4 is 6.03 Å². The number of nitrogens with one attached hydrogen (secondary N) is 1. The van der Waals surface area contributed by atoms with E-state index in [0.29, 0.717) is 19.6 Å². The Balaban J connectivity index is 1.98. The Morgan fingerprint density at radius 1 is 1.63 bits per heavy atom. The van der Waals surface area contributed by atoms with Gasteiger partial charge in [-0.05, 0) is 31.4 Å². The number of rotatable bonds is 5. The highest BCUT2D eigenvalue weighted by atomic mass is 16.5. The number of pyridine rings is 1. The summed E-state index contributed by atoms with van der Waals surface area (Å²) in [7, 11) is 0. The Bertz CT molecular complexity index is 391. The molecular formula is C14H21N3O2. The van der Waals surface area contributed by atoms with Crippen LogP contribution in [0.5, 0.6) is 0 Å². The summed E-state index contributed by atoms with van der Waals surface area (Å²) in [6, 6.07) is 3.83. The van der Waals surface area contributed by atoms with E-state index in [1.807, 2.05) is 19.1 Å². The molecule has 1 aromatic rings. The van der Waals surface area contributed by atoms with Crippen molar-refractivity contribution in [3.63, 3.8) is 0 Å². The minimum absolute atomic E-state index is 0.0400. The van der Waals surface area contributed by atoms with Crippen molar-refractivity contribution < 1.29 is 9.53 Å². The highest BCUT2D eigenvalue weighted by Crippen LogP contribution is 2.15. The van der Waals surface area contributed by atoms with Gasteiger partial charge < -0.3 is 15.0 Å². The molecular weight excluding hydrogens is 242 g/mol. The molecule has 1 aromatic heterocycles. The van der Waals surface area contributed by atoms with Crippen molar-refractivity contribution in [2.45, 2.75) is 32.4 Å². The summed E-state index contributed by atoms with van der Waals surface area (Å²) in [6.07, 6.45) is 5.81. The normalized spacial score (nSPS) is 18.3. The van der Waals surface area contributed by atoms with Crippen molar-refractivity contribution in [3.8, 4) is 0 Å². The van der Waals surface area contributed by atoms with E-state index in [4.69, 9.17) is 4.74 Å². The predicted octanol–water partition coefficient (Wildman–Crippen LogP) is 1.79. The van der Waals surface area contributed by atoms with Crippen molar-refractivity contribution in [3.05, 3.63) is 30.1 Å². The Morgan fingerprint density at radius 2 is 2.53 bits per heavy atom. The van der Waals surface area contributed by atoms with E-state index in [1.165, 1.54) is 0 Å². The maximum absolute atomic E-state index is 12.1. The van der Waals surface area contributed by atoms with E-state index in [-0.39, 0.29) is 12.1 Å². The number of carbonyl (C=O) groups is 1. The van der Waals surface area contributed by atoms with Crippen molar-refractivity contribution in [1.82, 2.24) is 15.2 Å². The number of aromatic nitrogens is 1. The van der Waals surface area contributed by atoms with Gasteiger partial charge in [0.05, 0.1) is 6.10 Å². The highest BCUT2D eigenvalue weighted by molar-refractivity contribution is 5.74. The summed E-state index contributed by atoms with van der Waals surface area (Å²) in [5, 5.41) is 2.85. The second kappa shape index (κ2) is 7.09. The second-order valence-electron chi connectivity index (χ2n) is 4.71. The third-order valence-corrected chi connectivity index (χ3v) is 3.16. The number of amides is 2. The number of urea groups is 1. The molecule has 2 heterocycles. The van der Waals surface area contributed by atoms with Crippen LogP contribution in [0.2, 0.25) is 0 Å². The third-order valence-electron chi connectivity index (χ3n) is 3.16. The Morgan fingerprint density at radius 3 is 3.16 bits per heavy atom. The van der Waals surface area contributed by atoms with E-state index in [9.17, 15) is 4.79 Å². The molecule has 1 aliphatic heterocycles. The average Bonchev–Trinajstić information content (AvgIpc) is 2.92. The summed E-state index contributed by atoms with van der Waals surface area (Å²) < 4.78 is 5.61. The van der Waals surface area contributed by atoms with Crippen LogP contribution in [0, 0.1) is 0 Å². The molecule has 104 valence electrons. The lowest BCUT2D eigenvalue weighted by Gasteiger charge is -2.25. The average molecular weight is 263 g/mol. The van der Waals surface area contributed by atoms with Crippen molar-refractivity contribution in [2.24, 2.45) is 0 Å². The van der Waals surface area contributed by atoms with Crippen LogP contribution in [0.4, 0.5) is 4.79 Å². The maximum Gasteiger partial charge on any atom is 0.317 e. The Hall–Kier alpha value is -1.62. The van der Waals surface area contributed by atoms with Gasteiger partial charge in [-0.2, -0.15) is 0 Å². The summed E-state index contributed by atoms with van der Waals surface area (Å²) in [6.45, 7) is 4.57. The van der Waals surface area contributed by atoms with Crippen LogP contribution < -0.4 is 5.32 Å². The van der Waals surface area contributed by atoms with Gasteiger partial charge in [-0.25, -0.2) is 4.79 Å². The molecule has 0 radical (unpaired) electrons. The van der Waals surface area contributed by atoms with E-state index in [2.05, 4.69) is 10.3 Å². The maximum atomic E-state index is 12.1. The molecule has 5 nitrogen and oxygen atoms in total. The monoisotopic (exact) mass is 263 g/mol. The van der Waals surface area contributed by atoms with E-state index < -0.39 is 0 Å². The van der Waals surface area contributed by atoms with Crippen LogP contribution in [0.1, 0.15) is 25.3 Å². The van der Waals surface area contributed by atoms with Crippen LogP contribution >= 0.6 is 0 Å². The smallest absolute Gasteiger partial charge is 0.317 e. The zero-order valence-corrected chi connectivity index (χ0v) is 11.3. The molecule has 0 saturated carbocycles. The van der Waals surface area contributed by atoms with E-state index >= 15 is 0 Å². The van der Waals surface area contributed by atoms with Crippen LogP contribution in [-0.4, -0.2) is 41.7 Å². The highest BCUT2D eigenvalue weighted by Gasteiger charge is 2.22. The van der Waals surface area contributed by atoms with Gasteiger partial charge in [-0.3, -0.25) is 4.98 Å². The van der Waals surface area contributed by atoms with Crippen molar-refractivity contribution in [2.75, 3.05) is 19.7 Å². The molecule has 0 bridgehead atoms. The molecule has 19 heavy (non-hydrogen) atoms. The first-order chi connectivity index (χ1) is 9.29. The molecule has 1 aliphatic rings. The lowest BCUT2D eigenvalue weighted by molar-refractivity contribution is 0.0795. The minimum atomic E-state index is -0.0400. The number of nitrogens with zero attached hydrogens (tertiary/aromatic N) is 2. The molecule has 1 unspecified atom stereocenters. The van der Waals surface area contributed by atoms with Gasteiger partial charge in [0.25, 0.3) is 0 Å². The van der Waals surface area contributed by atoms with E-state index in [1.54, 1.807) is 17.3 Å². The topological polar surface area (TPSA) is 54.5 Å². The largest absolute Gasteiger partial charge is 0.376 e. The molecule has 1 N–H and O–H groups in total. The molecule has 1 fully saturated rings. The number of ether oxygens (including phenoxy) is 1. The van der Waals surface area contributed by atoms with Crippen LogP contribution in [0.3, 0.4) is 0 Å². The second-order valence-corrected chi connectivity index (χ2v) is 4.71. The lowest BCUT2D eigenvalue weighted by Crippen LogP contribution is -2.43. The van der Waals surface area contributed by atoms with Crippen molar-refractivity contribution in [1.29, 1.82) is 0 Å². The molecule has 0 spiro atoms. The van der Waals surface area contributed by atoms with Crippen LogP contribution in [-0.2, 0) is 11.3 Å². The fraction of sp³-hybridized carbons (Fsp3) is 0.571. The molecule has 2 rings (SSSR count). The fourth-order valence-electron chi connectivity index (χ4n) is 2.23. The summed E-state index contributed by atoms with van der Waals surface area (Å²) in [4.78, 5) is 18.0. The summed E-state index contributed by atoms with van der Waals surface area (Å²) in [5.74, 6) is 0. The summed E-state index contributed by atoms with van der Waals surface area (Å²) in [5.41, 5.74) is 1.03. The van der Waals surface area contributed by atoms with Gasteiger partial charge in [-0.15, -0.1) is 0 Å². The van der Waals surface area contributed by atoms with Gasteiger partial charge >= 0.3 is 6.03 Å². The van der Waals surface area contributed by atoms with E-state index in [0.717, 1.165) is 25.0 Å². The molecule has 1 atom stereocenters. The number of carbonyl (C=O) groups excluding carboxylic acids is 1. The van der Waals surface area contributed by atoms with Gasteiger partial charge in [0.2, 0.25) is 0 Å². The van der Waals surface area contributed by atoms with Crippen LogP contribution in [0.15, 0.2) is 24.5 Å². The zero-order valence-electron chi connectivity index (χ0n) is 11.3. The SMILES string of the molecule is CCNC(=O)N(Cc1cccnc1)CC1CCCO1. The van der Waals surface area contributed by atoms with Crippen LogP contribution in [0.25, 0.3) is 0 Å². The van der Waals surface area contributed by atoms with Gasteiger partial charge in [0.15, 0.2) is 0 Å². The van der Waals surface area contributed by atoms with Gasteiger partial charge in [0.1, 0.15) is 0 Å². The number of hydrogen-bond acceptors (Lipinski definition) is 3. The first-order valence-electron chi connectivity index (χ1n) is 6.83. The molecule has 5 heteroatoms. The zero-order chi connectivity index (χ0) is 13.5. The predicted molar refractivity (Wildman–Crippen MR) is 72.7 cm³/mol. The standard InChI is InChI=1S/C14H21N3O2/c1-2-16-14(18)17(11-13-6-4-8-19-13)10-12-5-3-7-15-9-12/h3,5,7,9,13H,2,4,6,8,10-11H2,1H3,(H,16,18). The Labute approximate surface area is 114 Å². The quantitative estimate of drug-likeness (QED) is 0.881. The molecule has 0 aliphatic carbocycles. The lowest BCUT2D eigenvalue weighted by atomic mass is 10.2. The third kappa shape index (κ3) is 4.21. The summed E-state index contributed by atoms with van der Waals surface area (Å²) >= 11 is 0. The molecule has 1 saturated heterocycles. The number of hydrogen-bond donors (Lipinski definition) is 1. The Kier molecular flexibility index (Phi) is 5.15.